The Bertz CT molecular complexity index is 450. The maximum absolute atomic E-state index is 11.8. The van der Waals surface area contributed by atoms with E-state index < -0.39 is 5.41 Å². The number of nitrogens with zero attached hydrogens (tertiary/aromatic N) is 2. The van der Waals surface area contributed by atoms with E-state index >= 15 is 0 Å². The highest BCUT2D eigenvalue weighted by Crippen LogP contribution is 2.50. The second kappa shape index (κ2) is 3.55. The molecule has 2 aliphatic rings. The number of hydrogen-bond acceptors (Lipinski definition) is 5. The lowest BCUT2D eigenvalue weighted by atomic mass is 10.1. The lowest BCUT2D eigenvalue weighted by Gasteiger charge is -2.07. The van der Waals surface area contributed by atoms with E-state index in [1.54, 1.807) is 6.92 Å². The first-order valence-corrected chi connectivity index (χ1v) is 6.18. The van der Waals surface area contributed by atoms with Crippen LogP contribution in [0.25, 0.3) is 0 Å². The molecule has 1 heterocycles. The molecule has 17 heavy (non-hydrogen) atoms. The molecular formula is C12H16N2O3. The lowest BCUT2D eigenvalue weighted by molar-refractivity contribution is -0.146. The van der Waals surface area contributed by atoms with Crippen molar-refractivity contribution in [2.75, 3.05) is 6.61 Å². The van der Waals surface area contributed by atoms with Gasteiger partial charge in [-0.25, -0.2) is 0 Å². The zero-order valence-electron chi connectivity index (χ0n) is 10.1. The van der Waals surface area contributed by atoms with Gasteiger partial charge in [0.25, 0.3) is 0 Å². The molecule has 0 radical (unpaired) electrons. The predicted molar refractivity (Wildman–Crippen MR) is 58.4 cm³/mol. The highest BCUT2D eigenvalue weighted by Gasteiger charge is 2.58. The van der Waals surface area contributed by atoms with Crippen LogP contribution >= 0.6 is 0 Å². The highest BCUT2D eigenvalue weighted by atomic mass is 16.5. The number of ether oxygens (including phenoxy) is 1. The summed E-state index contributed by atoms with van der Waals surface area (Å²) in [5.74, 6) is 2.04. The third kappa shape index (κ3) is 1.64. The molecule has 0 bridgehead atoms. The van der Waals surface area contributed by atoms with Crippen molar-refractivity contribution in [2.45, 2.75) is 44.4 Å². The summed E-state index contributed by atoms with van der Waals surface area (Å²) in [7, 11) is 0. The molecule has 2 unspecified atom stereocenters. The van der Waals surface area contributed by atoms with Crippen LogP contribution in [-0.2, 0) is 14.9 Å². The molecule has 0 N–H and O–H groups in total. The number of esters is 1. The Hall–Kier alpha value is -1.39. The summed E-state index contributed by atoms with van der Waals surface area (Å²) in [5.41, 5.74) is -0.626. The molecule has 92 valence electrons. The van der Waals surface area contributed by atoms with Gasteiger partial charge < -0.3 is 9.26 Å². The van der Waals surface area contributed by atoms with Crippen LogP contribution in [0.3, 0.4) is 0 Å². The molecule has 0 spiro atoms. The molecule has 5 nitrogen and oxygen atoms in total. The van der Waals surface area contributed by atoms with Crippen molar-refractivity contribution < 1.29 is 14.1 Å². The molecule has 5 heteroatoms. The molecule has 0 aromatic carbocycles. The zero-order chi connectivity index (χ0) is 12.0. The summed E-state index contributed by atoms with van der Waals surface area (Å²) in [6.45, 7) is 4.36. The van der Waals surface area contributed by atoms with Gasteiger partial charge in [-0.3, -0.25) is 4.79 Å². The van der Waals surface area contributed by atoms with Gasteiger partial charge in [0.05, 0.1) is 6.61 Å². The van der Waals surface area contributed by atoms with E-state index in [1.807, 2.05) is 0 Å². The minimum absolute atomic E-state index is 0.223. The van der Waals surface area contributed by atoms with E-state index in [4.69, 9.17) is 9.26 Å². The third-order valence-electron chi connectivity index (χ3n) is 3.71. The van der Waals surface area contributed by atoms with Crippen molar-refractivity contribution in [1.29, 1.82) is 0 Å². The van der Waals surface area contributed by atoms with Crippen molar-refractivity contribution in [1.82, 2.24) is 10.1 Å². The highest BCUT2D eigenvalue weighted by molar-refractivity contribution is 5.85. The van der Waals surface area contributed by atoms with Crippen molar-refractivity contribution in [2.24, 2.45) is 5.92 Å². The van der Waals surface area contributed by atoms with E-state index in [0.717, 1.165) is 25.1 Å². The van der Waals surface area contributed by atoms with Crippen molar-refractivity contribution >= 4 is 5.97 Å². The van der Waals surface area contributed by atoms with Crippen molar-refractivity contribution in [3.05, 3.63) is 11.7 Å². The van der Waals surface area contributed by atoms with E-state index in [1.165, 1.54) is 0 Å². The molecule has 0 saturated heterocycles. The SMILES string of the molecule is CCOC(=O)C1(c2nc(C3CC3C)no2)CC1. The smallest absolute Gasteiger partial charge is 0.321 e. The van der Waals surface area contributed by atoms with Crippen LogP contribution in [0, 0.1) is 5.92 Å². The van der Waals surface area contributed by atoms with Gasteiger partial charge in [-0.1, -0.05) is 12.1 Å². The van der Waals surface area contributed by atoms with Crippen LogP contribution < -0.4 is 0 Å². The van der Waals surface area contributed by atoms with Crippen molar-refractivity contribution in [3.63, 3.8) is 0 Å². The summed E-state index contributed by atoms with van der Waals surface area (Å²) >= 11 is 0. The fraction of sp³-hybridized carbons (Fsp3) is 0.750. The number of carbonyl (C=O) groups excluding carboxylic acids is 1. The minimum atomic E-state index is -0.626. The summed E-state index contributed by atoms with van der Waals surface area (Å²) < 4.78 is 10.3. The van der Waals surface area contributed by atoms with Crippen LogP contribution in [-0.4, -0.2) is 22.7 Å². The average molecular weight is 236 g/mol. The molecule has 1 aromatic heterocycles. The molecule has 3 rings (SSSR count). The number of hydrogen-bond donors (Lipinski definition) is 0. The molecule has 1 aromatic rings. The summed E-state index contributed by atoms with van der Waals surface area (Å²) in [6, 6.07) is 0. The maximum Gasteiger partial charge on any atom is 0.321 e. The molecule has 2 fully saturated rings. The Morgan fingerprint density at radius 3 is 2.82 bits per heavy atom. The Morgan fingerprint density at radius 1 is 1.59 bits per heavy atom. The standard InChI is InChI=1S/C12H16N2O3/c1-3-16-11(15)12(4-5-12)10-13-9(14-17-10)8-6-7(8)2/h7-8H,3-6H2,1-2H3. The van der Waals surface area contributed by atoms with Gasteiger partial charge in [0, 0.05) is 5.92 Å². The van der Waals surface area contributed by atoms with E-state index in [0.29, 0.717) is 24.3 Å². The minimum Gasteiger partial charge on any atom is -0.465 e. The Kier molecular flexibility index (Phi) is 2.24. The molecule has 0 amide bonds. The zero-order valence-corrected chi connectivity index (χ0v) is 10.1. The van der Waals surface area contributed by atoms with Gasteiger partial charge in [0.2, 0.25) is 5.89 Å². The summed E-state index contributed by atoms with van der Waals surface area (Å²) in [6.07, 6.45) is 2.63. The third-order valence-corrected chi connectivity index (χ3v) is 3.71. The van der Waals surface area contributed by atoms with Crippen LogP contribution in [0.2, 0.25) is 0 Å². The van der Waals surface area contributed by atoms with Crippen LogP contribution in [0.1, 0.15) is 50.7 Å². The predicted octanol–water partition coefficient (Wildman–Crippen LogP) is 1.79. The van der Waals surface area contributed by atoms with Gasteiger partial charge in [0.1, 0.15) is 5.41 Å². The molecular weight excluding hydrogens is 220 g/mol. The van der Waals surface area contributed by atoms with Gasteiger partial charge in [0.15, 0.2) is 5.82 Å². The largest absolute Gasteiger partial charge is 0.465 e. The van der Waals surface area contributed by atoms with E-state index in [9.17, 15) is 4.79 Å². The molecule has 0 aliphatic heterocycles. The molecule has 2 saturated carbocycles. The van der Waals surface area contributed by atoms with Crippen molar-refractivity contribution in [3.8, 4) is 0 Å². The van der Waals surface area contributed by atoms with Gasteiger partial charge >= 0.3 is 5.97 Å². The van der Waals surface area contributed by atoms with Crippen LogP contribution in [0.5, 0.6) is 0 Å². The Morgan fingerprint density at radius 2 is 2.29 bits per heavy atom. The first kappa shape index (κ1) is 10.7. The fourth-order valence-electron chi connectivity index (χ4n) is 2.16. The number of aromatic nitrogens is 2. The second-order valence-electron chi connectivity index (χ2n) is 5.08. The first-order chi connectivity index (χ1) is 8.17. The van der Waals surface area contributed by atoms with Gasteiger partial charge in [-0.2, -0.15) is 4.98 Å². The Balaban J connectivity index is 1.79. The second-order valence-corrected chi connectivity index (χ2v) is 5.08. The monoisotopic (exact) mass is 236 g/mol. The maximum atomic E-state index is 11.8. The summed E-state index contributed by atoms with van der Waals surface area (Å²) in [4.78, 5) is 16.2. The van der Waals surface area contributed by atoms with E-state index in [2.05, 4.69) is 17.1 Å². The average Bonchev–Trinajstić information content (AvgIpc) is 3.20. The van der Waals surface area contributed by atoms with Gasteiger partial charge in [-0.15, -0.1) is 0 Å². The number of rotatable bonds is 4. The normalized spacial score (nSPS) is 28.8. The van der Waals surface area contributed by atoms with Gasteiger partial charge in [-0.05, 0) is 32.1 Å². The van der Waals surface area contributed by atoms with Crippen LogP contribution in [0.4, 0.5) is 0 Å². The number of carbonyl (C=O) groups is 1. The quantitative estimate of drug-likeness (QED) is 0.745. The molecule has 2 atom stereocenters. The topological polar surface area (TPSA) is 65.2 Å². The van der Waals surface area contributed by atoms with E-state index in [-0.39, 0.29) is 5.97 Å². The Labute approximate surface area is 99.5 Å². The van der Waals surface area contributed by atoms with Crippen LogP contribution in [0.15, 0.2) is 4.52 Å². The lowest BCUT2D eigenvalue weighted by Crippen LogP contribution is -2.23. The molecule has 2 aliphatic carbocycles. The first-order valence-electron chi connectivity index (χ1n) is 6.18. The fourth-order valence-corrected chi connectivity index (χ4v) is 2.16. The summed E-state index contributed by atoms with van der Waals surface area (Å²) in [5, 5.41) is 3.98.